The van der Waals surface area contributed by atoms with Crippen molar-refractivity contribution in [3.8, 4) is 0 Å². The third-order valence-corrected chi connectivity index (χ3v) is 3.90. The fourth-order valence-corrected chi connectivity index (χ4v) is 2.68. The lowest BCUT2D eigenvalue weighted by Gasteiger charge is -2.32. The average molecular weight is 289 g/mol. The molecule has 1 aromatic rings. The predicted octanol–water partition coefficient (Wildman–Crippen LogP) is 1.08. The van der Waals surface area contributed by atoms with Crippen molar-refractivity contribution in [3.05, 3.63) is 23.8 Å². The van der Waals surface area contributed by atoms with E-state index in [9.17, 15) is 14.7 Å². The van der Waals surface area contributed by atoms with Crippen LogP contribution in [0.5, 0.6) is 0 Å². The average Bonchev–Trinajstić information content (AvgIpc) is 2.52. The number of hydrogen-bond acceptors (Lipinski definition) is 4. The summed E-state index contributed by atoms with van der Waals surface area (Å²) in [5.41, 5.74) is 2.00. The molecule has 1 aliphatic carbocycles. The van der Waals surface area contributed by atoms with E-state index in [4.69, 9.17) is 0 Å². The number of anilines is 2. The molecule has 0 aromatic heterocycles. The minimum Gasteiger partial charge on any atom is -0.393 e. The van der Waals surface area contributed by atoms with Gasteiger partial charge in [0, 0.05) is 24.1 Å². The Morgan fingerprint density at radius 3 is 2.81 bits per heavy atom. The van der Waals surface area contributed by atoms with Gasteiger partial charge in [0.15, 0.2) is 0 Å². The molecule has 6 heteroatoms. The number of aliphatic hydroxyl groups excluding tert-OH is 1. The van der Waals surface area contributed by atoms with Crippen LogP contribution in [0, 0.1) is 0 Å². The third-order valence-electron chi connectivity index (χ3n) is 3.90. The highest BCUT2D eigenvalue weighted by atomic mass is 16.3. The van der Waals surface area contributed by atoms with Gasteiger partial charge in [-0.1, -0.05) is 0 Å². The number of carbonyl (C=O) groups is 2. The molecule has 2 amide bonds. The molecule has 6 nitrogen and oxygen atoms in total. The summed E-state index contributed by atoms with van der Waals surface area (Å²) in [4.78, 5) is 23.8. The van der Waals surface area contributed by atoms with Crippen molar-refractivity contribution in [2.24, 2.45) is 0 Å². The maximum absolute atomic E-state index is 12.2. The lowest BCUT2D eigenvalue weighted by Crippen LogP contribution is -2.46. The monoisotopic (exact) mass is 289 g/mol. The molecule has 0 radical (unpaired) electrons. The number of aliphatic hydroxyl groups is 1. The van der Waals surface area contributed by atoms with Crippen LogP contribution in [0.2, 0.25) is 0 Å². The molecule has 0 saturated heterocycles. The van der Waals surface area contributed by atoms with Gasteiger partial charge in [-0.25, -0.2) is 0 Å². The molecule has 1 aromatic carbocycles. The molecule has 1 atom stereocenters. The second-order valence-corrected chi connectivity index (χ2v) is 5.85. The van der Waals surface area contributed by atoms with Crippen molar-refractivity contribution >= 4 is 23.2 Å². The summed E-state index contributed by atoms with van der Waals surface area (Å²) in [5, 5.41) is 18.2. The molecule has 21 heavy (non-hydrogen) atoms. The Bertz CT molecular complexity index is 582. The van der Waals surface area contributed by atoms with Crippen LogP contribution in [-0.4, -0.2) is 35.1 Å². The number of nitrogens with one attached hydrogen (secondary N) is 3. The number of fused-ring (bicyclic) bond motifs is 1. The van der Waals surface area contributed by atoms with E-state index in [1.807, 2.05) is 6.92 Å². The molecule has 1 heterocycles. The smallest absolute Gasteiger partial charge is 0.251 e. The number of carbonyl (C=O) groups excluding carboxylic acids is 2. The fraction of sp³-hybridized carbons (Fsp3) is 0.467. The van der Waals surface area contributed by atoms with Gasteiger partial charge in [0.1, 0.15) is 0 Å². The summed E-state index contributed by atoms with van der Waals surface area (Å²) in [6.07, 6.45) is 1.33. The number of rotatable bonds is 2. The highest BCUT2D eigenvalue weighted by Gasteiger charge is 2.29. The molecule has 4 N–H and O–H groups in total. The van der Waals surface area contributed by atoms with Crippen molar-refractivity contribution in [1.29, 1.82) is 0 Å². The van der Waals surface area contributed by atoms with Crippen LogP contribution in [0.4, 0.5) is 11.4 Å². The van der Waals surface area contributed by atoms with Gasteiger partial charge < -0.3 is 21.1 Å². The Hall–Kier alpha value is -2.08. The van der Waals surface area contributed by atoms with Crippen LogP contribution in [0.15, 0.2) is 18.2 Å². The zero-order valence-corrected chi connectivity index (χ0v) is 11.8. The lowest BCUT2D eigenvalue weighted by molar-refractivity contribution is -0.116. The highest BCUT2D eigenvalue weighted by Crippen LogP contribution is 2.27. The van der Waals surface area contributed by atoms with Crippen LogP contribution in [-0.2, 0) is 4.79 Å². The minimum atomic E-state index is -0.292. The van der Waals surface area contributed by atoms with Gasteiger partial charge >= 0.3 is 0 Å². The van der Waals surface area contributed by atoms with Crippen LogP contribution < -0.4 is 16.0 Å². The van der Waals surface area contributed by atoms with E-state index in [1.165, 1.54) is 0 Å². The topological polar surface area (TPSA) is 90.5 Å². The van der Waals surface area contributed by atoms with Gasteiger partial charge in [0.2, 0.25) is 5.91 Å². The first kappa shape index (κ1) is 13.9. The van der Waals surface area contributed by atoms with Crippen molar-refractivity contribution in [1.82, 2.24) is 5.32 Å². The van der Waals surface area contributed by atoms with Crippen molar-refractivity contribution in [2.45, 2.75) is 44.4 Å². The second kappa shape index (κ2) is 5.37. The largest absolute Gasteiger partial charge is 0.393 e. The normalized spacial score (nSPS) is 27.5. The van der Waals surface area contributed by atoms with E-state index >= 15 is 0 Å². The summed E-state index contributed by atoms with van der Waals surface area (Å²) in [6.45, 7) is 1.93. The first-order chi connectivity index (χ1) is 10.0. The molecule has 3 rings (SSSR count). The predicted molar refractivity (Wildman–Crippen MR) is 79.3 cm³/mol. The zero-order chi connectivity index (χ0) is 15.0. The Labute approximate surface area is 122 Å². The Kier molecular flexibility index (Phi) is 3.55. The number of benzene rings is 1. The van der Waals surface area contributed by atoms with Crippen LogP contribution >= 0.6 is 0 Å². The molecule has 1 saturated carbocycles. The SMILES string of the molecule is CC1CC(=O)Nc2ccc(C(=O)NC3CC(O)C3)cc2N1. The molecule has 1 aliphatic heterocycles. The van der Waals surface area contributed by atoms with E-state index in [2.05, 4.69) is 16.0 Å². The van der Waals surface area contributed by atoms with Crippen LogP contribution in [0.3, 0.4) is 0 Å². The van der Waals surface area contributed by atoms with Gasteiger partial charge in [0.05, 0.1) is 17.5 Å². The quantitative estimate of drug-likeness (QED) is 0.656. The Balaban J connectivity index is 1.75. The van der Waals surface area contributed by atoms with Crippen molar-refractivity contribution < 1.29 is 14.7 Å². The fourth-order valence-electron chi connectivity index (χ4n) is 2.68. The number of amides is 2. The first-order valence-electron chi connectivity index (χ1n) is 7.20. The van der Waals surface area contributed by atoms with E-state index in [0.717, 1.165) is 5.69 Å². The molecular weight excluding hydrogens is 270 g/mol. The maximum atomic E-state index is 12.2. The standard InChI is InChI=1S/C15H19N3O3/c1-8-4-14(20)18-12-3-2-9(5-13(12)16-8)15(21)17-10-6-11(19)7-10/h2-3,5,8,10-11,16,19H,4,6-7H2,1H3,(H,17,21)(H,18,20). The lowest BCUT2D eigenvalue weighted by atomic mass is 9.89. The van der Waals surface area contributed by atoms with Gasteiger partial charge in [-0.05, 0) is 38.0 Å². The van der Waals surface area contributed by atoms with Gasteiger partial charge in [0.25, 0.3) is 5.91 Å². The molecular formula is C15H19N3O3. The van der Waals surface area contributed by atoms with Crippen molar-refractivity contribution in [2.75, 3.05) is 10.6 Å². The zero-order valence-electron chi connectivity index (χ0n) is 11.8. The summed E-state index contributed by atoms with van der Waals surface area (Å²) in [6, 6.07) is 5.26. The molecule has 112 valence electrons. The highest BCUT2D eigenvalue weighted by molar-refractivity contribution is 6.00. The summed E-state index contributed by atoms with van der Waals surface area (Å²) < 4.78 is 0. The van der Waals surface area contributed by atoms with Crippen LogP contribution in [0.25, 0.3) is 0 Å². The van der Waals surface area contributed by atoms with E-state index in [1.54, 1.807) is 18.2 Å². The van der Waals surface area contributed by atoms with Gasteiger partial charge in [-0.3, -0.25) is 9.59 Å². The third kappa shape index (κ3) is 3.00. The summed E-state index contributed by atoms with van der Waals surface area (Å²) in [5.74, 6) is -0.186. The first-order valence-corrected chi connectivity index (χ1v) is 7.20. The molecule has 2 aliphatic rings. The summed E-state index contributed by atoms with van der Waals surface area (Å²) in [7, 11) is 0. The minimum absolute atomic E-state index is 0.0198. The van der Waals surface area contributed by atoms with Gasteiger partial charge in [-0.2, -0.15) is 0 Å². The van der Waals surface area contributed by atoms with Crippen molar-refractivity contribution in [3.63, 3.8) is 0 Å². The van der Waals surface area contributed by atoms with Gasteiger partial charge in [-0.15, -0.1) is 0 Å². The molecule has 0 bridgehead atoms. The van der Waals surface area contributed by atoms with E-state index < -0.39 is 0 Å². The molecule has 0 spiro atoms. The van der Waals surface area contributed by atoms with E-state index in [-0.39, 0.29) is 30.0 Å². The second-order valence-electron chi connectivity index (χ2n) is 5.85. The van der Waals surface area contributed by atoms with Crippen LogP contribution in [0.1, 0.15) is 36.5 Å². The Morgan fingerprint density at radius 2 is 2.10 bits per heavy atom. The molecule has 1 fully saturated rings. The molecule has 1 unspecified atom stereocenters. The Morgan fingerprint density at radius 1 is 1.33 bits per heavy atom. The summed E-state index contributed by atoms with van der Waals surface area (Å²) >= 11 is 0. The van der Waals surface area contributed by atoms with E-state index in [0.29, 0.717) is 30.5 Å². The maximum Gasteiger partial charge on any atom is 0.251 e. The number of hydrogen-bond donors (Lipinski definition) is 4.